The Kier molecular flexibility index (Phi) is 4.10. The van der Waals surface area contributed by atoms with Crippen molar-refractivity contribution in [2.24, 2.45) is 11.3 Å². The van der Waals surface area contributed by atoms with Gasteiger partial charge in [0.2, 0.25) is 0 Å². The first kappa shape index (κ1) is 12.9. The third-order valence-corrected chi connectivity index (χ3v) is 2.91. The molecule has 0 bridgehead atoms. The Hall–Kier alpha value is -0.180. The van der Waals surface area contributed by atoms with E-state index >= 15 is 0 Å². The van der Waals surface area contributed by atoms with E-state index in [0.717, 1.165) is 19.4 Å². The lowest BCUT2D eigenvalue weighted by atomic mass is 9.82. The lowest BCUT2D eigenvalue weighted by Crippen LogP contribution is -2.38. The van der Waals surface area contributed by atoms with Crippen LogP contribution >= 0.6 is 0 Å². The van der Waals surface area contributed by atoms with Crippen LogP contribution < -0.4 is 5.32 Å². The van der Waals surface area contributed by atoms with E-state index in [1.54, 1.807) is 0 Å². The molecular formula is C12H23F2N. The summed E-state index contributed by atoms with van der Waals surface area (Å²) >= 11 is 0. The van der Waals surface area contributed by atoms with E-state index in [2.05, 4.69) is 5.32 Å². The fourth-order valence-corrected chi connectivity index (χ4v) is 2.23. The van der Waals surface area contributed by atoms with Gasteiger partial charge >= 0.3 is 0 Å². The normalized spacial score (nSPS) is 25.0. The van der Waals surface area contributed by atoms with Crippen molar-refractivity contribution >= 4 is 0 Å². The Bertz CT molecular complexity index is 188. The summed E-state index contributed by atoms with van der Waals surface area (Å²) in [6.07, 6.45) is 2.61. The second-order valence-electron chi connectivity index (χ2n) is 5.90. The number of nitrogens with one attached hydrogen (secondary N) is 1. The predicted octanol–water partition coefficient (Wildman–Crippen LogP) is 3.45. The molecule has 1 fully saturated rings. The molecule has 0 aromatic carbocycles. The van der Waals surface area contributed by atoms with E-state index in [1.165, 1.54) is 0 Å². The molecule has 0 amide bonds. The molecule has 90 valence electrons. The van der Waals surface area contributed by atoms with Crippen molar-refractivity contribution in [3.63, 3.8) is 0 Å². The van der Waals surface area contributed by atoms with Crippen molar-refractivity contribution in [1.82, 2.24) is 5.32 Å². The average Bonchev–Trinajstić information content (AvgIpc) is 2.25. The largest absolute Gasteiger partial charge is 0.316 e. The summed E-state index contributed by atoms with van der Waals surface area (Å²) in [7, 11) is 0. The highest BCUT2D eigenvalue weighted by molar-refractivity contribution is 4.84. The van der Waals surface area contributed by atoms with Crippen LogP contribution in [-0.4, -0.2) is 19.0 Å². The van der Waals surface area contributed by atoms with Gasteiger partial charge in [0.1, 0.15) is 0 Å². The maximum Gasteiger partial charge on any atom is 0.252 e. The van der Waals surface area contributed by atoms with Gasteiger partial charge in [-0.15, -0.1) is 0 Å². The summed E-state index contributed by atoms with van der Waals surface area (Å²) < 4.78 is 27.9. The Morgan fingerprint density at radius 2 is 1.87 bits per heavy atom. The molecule has 0 aliphatic carbocycles. The molecule has 0 aromatic rings. The minimum Gasteiger partial charge on any atom is -0.316 e. The minimum atomic E-state index is -2.52. The Balaban J connectivity index is 2.57. The monoisotopic (exact) mass is 219 g/mol. The Morgan fingerprint density at radius 3 is 2.47 bits per heavy atom. The van der Waals surface area contributed by atoms with E-state index in [-0.39, 0.29) is 11.8 Å². The summed E-state index contributed by atoms with van der Waals surface area (Å²) in [6, 6.07) is 0. The van der Waals surface area contributed by atoms with Crippen molar-refractivity contribution in [2.45, 2.75) is 52.4 Å². The maximum atomic E-state index is 13.9. The van der Waals surface area contributed by atoms with Gasteiger partial charge < -0.3 is 5.32 Å². The van der Waals surface area contributed by atoms with Crippen LogP contribution in [0.25, 0.3) is 0 Å². The number of alkyl halides is 2. The molecule has 0 spiro atoms. The summed E-state index contributed by atoms with van der Waals surface area (Å²) in [5.41, 5.74) is -0.296. The van der Waals surface area contributed by atoms with Gasteiger partial charge in [0, 0.05) is 18.9 Å². The molecule has 0 aromatic heterocycles. The van der Waals surface area contributed by atoms with Gasteiger partial charge in [-0.1, -0.05) is 27.2 Å². The third-order valence-electron chi connectivity index (χ3n) is 2.91. The number of hydrogen-bond acceptors (Lipinski definition) is 1. The average molecular weight is 219 g/mol. The highest BCUT2D eigenvalue weighted by atomic mass is 19.3. The van der Waals surface area contributed by atoms with Crippen molar-refractivity contribution < 1.29 is 8.78 Å². The first-order valence-corrected chi connectivity index (χ1v) is 5.90. The molecule has 0 saturated carbocycles. The standard InChI is InChI=1S/C12H23F2N/c1-11(2,3)9-12(13,14)10-6-4-5-7-15-8-10/h10,15H,4-9H2,1-3H3. The quantitative estimate of drug-likeness (QED) is 0.750. The van der Waals surface area contributed by atoms with Crippen LogP contribution in [0.1, 0.15) is 46.5 Å². The summed E-state index contributed by atoms with van der Waals surface area (Å²) in [5, 5.41) is 3.11. The lowest BCUT2D eigenvalue weighted by Gasteiger charge is -2.31. The molecule has 3 heteroatoms. The molecule has 1 heterocycles. The molecule has 0 radical (unpaired) electrons. The van der Waals surface area contributed by atoms with E-state index in [1.807, 2.05) is 20.8 Å². The first-order chi connectivity index (χ1) is 6.81. The van der Waals surface area contributed by atoms with Crippen molar-refractivity contribution in [2.75, 3.05) is 13.1 Å². The third kappa shape index (κ3) is 4.45. The van der Waals surface area contributed by atoms with Crippen LogP contribution in [0.2, 0.25) is 0 Å². The van der Waals surface area contributed by atoms with Crippen molar-refractivity contribution in [3.05, 3.63) is 0 Å². The summed E-state index contributed by atoms with van der Waals surface area (Å²) in [4.78, 5) is 0. The van der Waals surface area contributed by atoms with Gasteiger partial charge in [-0.3, -0.25) is 0 Å². The van der Waals surface area contributed by atoms with Crippen LogP contribution in [0.5, 0.6) is 0 Å². The molecule has 1 unspecified atom stereocenters. The topological polar surface area (TPSA) is 12.0 Å². The van der Waals surface area contributed by atoms with Crippen LogP contribution in [-0.2, 0) is 0 Å². The van der Waals surface area contributed by atoms with E-state index in [9.17, 15) is 8.78 Å². The van der Waals surface area contributed by atoms with E-state index in [0.29, 0.717) is 13.0 Å². The highest BCUT2D eigenvalue weighted by Crippen LogP contribution is 2.39. The SMILES string of the molecule is CC(C)(C)CC(F)(F)C1CCCCNC1. The van der Waals surface area contributed by atoms with Crippen molar-refractivity contribution in [3.8, 4) is 0 Å². The van der Waals surface area contributed by atoms with Crippen LogP contribution in [0.4, 0.5) is 8.78 Å². The molecule has 1 atom stereocenters. The zero-order valence-corrected chi connectivity index (χ0v) is 10.1. The molecule has 1 saturated heterocycles. The van der Waals surface area contributed by atoms with Gasteiger partial charge in [-0.25, -0.2) is 8.78 Å². The summed E-state index contributed by atoms with van der Waals surface area (Å²) in [5.74, 6) is -2.99. The van der Waals surface area contributed by atoms with Gasteiger partial charge in [0.15, 0.2) is 0 Å². The molecule has 1 nitrogen and oxygen atoms in total. The maximum absolute atomic E-state index is 13.9. The molecule has 1 aliphatic rings. The zero-order chi connectivity index (χ0) is 11.5. The van der Waals surface area contributed by atoms with Crippen LogP contribution in [0.15, 0.2) is 0 Å². The minimum absolute atomic E-state index is 0.00759. The number of rotatable bonds is 2. The molecule has 1 rings (SSSR count). The summed E-state index contributed by atoms with van der Waals surface area (Å²) in [6.45, 7) is 7.01. The first-order valence-electron chi connectivity index (χ1n) is 5.90. The van der Waals surface area contributed by atoms with Gasteiger partial charge in [0.25, 0.3) is 5.92 Å². The fourth-order valence-electron chi connectivity index (χ4n) is 2.23. The zero-order valence-electron chi connectivity index (χ0n) is 10.1. The number of halogens is 2. The second kappa shape index (κ2) is 4.77. The highest BCUT2D eigenvalue weighted by Gasteiger charge is 2.42. The van der Waals surface area contributed by atoms with Crippen LogP contribution in [0, 0.1) is 11.3 Å². The molecule has 15 heavy (non-hydrogen) atoms. The molecular weight excluding hydrogens is 196 g/mol. The van der Waals surface area contributed by atoms with Crippen LogP contribution in [0.3, 0.4) is 0 Å². The Labute approximate surface area is 91.6 Å². The smallest absolute Gasteiger partial charge is 0.252 e. The van der Waals surface area contributed by atoms with Gasteiger partial charge in [-0.2, -0.15) is 0 Å². The van der Waals surface area contributed by atoms with Gasteiger partial charge in [0.05, 0.1) is 0 Å². The number of hydrogen-bond donors (Lipinski definition) is 1. The van der Waals surface area contributed by atoms with Crippen molar-refractivity contribution in [1.29, 1.82) is 0 Å². The Morgan fingerprint density at radius 1 is 1.20 bits per heavy atom. The molecule has 1 aliphatic heterocycles. The lowest BCUT2D eigenvalue weighted by molar-refractivity contribution is -0.0877. The van der Waals surface area contributed by atoms with E-state index < -0.39 is 11.8 Å². The predicted molar refractivity (Wildman–Crippen MR) is 59.2 cm³/mol. The molecule has 1 N–H and O–H groups in total. The van der Waals surface area contributed by atoms with E-state index in [4.69, 9.17) is 0 Å². The second-order valence-corrected chi connectivity index (χ2v) is 5.90. The van der Waals surface area contributed by atoms with Gasteiger partial charge in [-0.05, 0) is 24.8 Å². The fraction of sp³-hybridized carbons (Fsp3) is 1.00.